The Balaban J connectivity index is 1.89. The number of carbonyl (C=O) groups excluding carboxylic acids is 1. The molecule has 1 aromatic carbocycles. The molecule has 0 amide bonds. The van der Waals surface area contributed by atoms with E-state index in [1.54, 1.807) is 0 Å². The second kappa shape index (κ2) is 3.56. The summed E-state index contributed by atoms with van der Waals surface area (Å²) in [7, 11) is 0. The average molecular weight is 218 g/mol. The molecular formula is C12H10O4. The molecule has 0 aliphatic carbocycles. The standard InChI is InChI=1S/C12H10O4/c13-9-3-4-14-11(6-9)8-1-2-10-12(5-8)16-7-15-10/h1-5,11H,6-7H2. The van der Waals surface area contributed by atoms with Gasteiger partial charge in [-0.1, -0.05) is 6.07 Å². The minimum Gasteiger partial charge on any atom is -0.493 e. The first-order valence-electron chi connectivity index (χ1n) is 5.07. The van der Waals surface area contributed by atoms with E-state index in [0.717, 1.165) is 11.3 Å². The van der Waals surface area contributed by atoms with Gasteiger partial charge in [0.05, 0.1) is 12.7 Å². The summed E-state index contributed by atoms with van der Waals surface area (Å²) < 4.78 is 15.9. The van der Waals surface area contributed by atoms with E-state index in [4.69, 9.17) is 14.2 Å². The van der Waals surface area contributed by atoms with Gasteiger partial charge >= 0.3 is 0 Å². The number of carbonyl (C=O) groups is 1. The Morgan fingerprint density at radius 2 is 2.06 bits per heavy atom. The predicted octanol–water partition coefficient (Wildman–Crippen LogP) is 1.96. The Labute approximate surface area is 92.4 Å². The molecule has 0 fully saturated rings. The Bertz CT molecular complexity index is 464. The molecule has 1 aromatic rings. The molecule has 2 heterocycles. The molecule has 0 bridgehead atoms. The van der Waals surface area contributed by atoms with E-state index in [-0.39, 0.29) is 18.7 Å². The summed E-state index contributed by atoms with van der Waals surface area (Å²) in [6.07, 6.45) is 3.05. The fourth-order valence-electron chi connectivity index (χ4n) is 1.82. The van der Waals surface area contributed by atoms with Gasteiger partial charge in [0.2, 0.25) is 6.79 Å². The molecule has 82 valence electrons. The van der Waals surface area contributed by atoms with Crippen molar-refractivity contribution in [1.82, 2.24) is 0 Å². The van der Waals surface area contributed by atoms with Gasteiger partial charge in [0, 0.05) is 6.08 Å². The lowest BCUT2D eigenvalue weighted by atomic mass is 10.0. The SMILES string of the molecule is O=C1C=COC(c2ccc3c(c2)OCO3)C1. The van der Waals surface area contributed by atoms with E-state index in [9.17, 15) is 4.79 Å². The maximum atomic E-state index is 11.3. The van der Waals surface area contributed by atoms with Gasteiger partial charge in [0.15, 0.2) is 17.3 Å². The number of hydrogen-bond donors (Lipinski definition) is 0. The quantitative estimate of drug-likeness (QED) is 0.722. The van der Waals surface area contributed by atoms with Gasteiger partial charge in [-0.25, -0.2) is 0 Å². The zero-order chi connectivity index (χ0) is 11.0. The Morgan fingerprint density at radius 1 is 1.19 bits per heavy atom. The van der Waals surface area contributed by atoms with Crippen molar-refractivity contribution in [3.8, 4) is 11.5 Å². The number of allylic oxidation sites excluding steroid dienone is 1. The van der Waals surface area contributed by atoms with Gasteiger partial charge in [0.1, 0.15) is 6.10 Å². The molecule has 4 heteroatoms. The summed E-state index contributed by atoms with van der Waals surface area (Å²) in [5, 5.41) is 0. The van der Waals surface area contributed by atoms with Crippen LogP contribution in [0.1, 0.15) is 18.1 Å². The van der Waals surface area contributed by atoms with Gasteiger partial charge in [-0.05, 0) is 17.7 Å². The van der Waals surface area contributed by atoms with E-state index in [1.807, 2.05) is 18.2 Å². The van der Waals surface area contributed by atoms with Crippen LogP contribution in [-0.2, 0) is 9.53 Å². The van der Waals surface area contributed by atoms with Gasteiger partial charge < -0.3 is 14.2 Å². The lowest BCUT2D eigenvalue weighted by Gasteiger charge is -2.19. The maximum Gasteiger partial charge on any atom is 0.231 e. The summed E-state index contributed by atoms with van der Waals surface area (Å²) in [4.78, 5) is 11.3. The summed E-state index contributed by atoms with van der Waals surface area (Å²) in [6, 6.07) is 5.59. The second-order valence-corrected chi connectivity index (χ2v) is 3.71. The van der Waals surface area contributed by atoms with Gasteiger partial charge in [-0.15, -0.1) is 0 Å². The third kappa shape index (κ3) is 1.52. The van der Waals surface area contributed by atoms with E-state index in [0.29, 0.717) is 12.2 Å². The third-order valence-corrected chi connectivity index (χ3v) is 2.65. The summed E-state index contributed by atoms with van der Waals surface area (Å²) >= 11 is 0. The van der Waals surface area contributed by atoms with Crippen LogP contribution in [0.25, 0.3) is 0 Å². The summed E-state index contributed by atoms with van der Waals surface area (Å²) in [5.41, 5.74) is 0.932. The number of ether oxygens (including phenoxy) is 3. The van der Waals surface area contributed by atoms with Crippen molar-refractivity contribution in [1.29, 1.82) is 0 Å². The molecule has 2 aliphatic heterocycles. The van der Waals surface area contributed by atoms with Crippen molar-refractivity contribution in [3.63, 3.8) is 0 Å². The number of hydrogen-bond acceptors (Lipinski definition) is 4. The highest BCUT2D eigenvalue weighted by Gasteiger charge is 2.21. The minimum atomic E-state index is -0.216. The van der Waals surface area contributed by atoms with Crippen LogP contribution in [0, 0.1) is 0 Å². The molecule has 0 aromatic heterocycles. The van der Waals surface area contributed by atoms with Crippen molar-refractivity contribution < 1.29 is 19.0 Å². The molecule has 0 saturated heterocycles. The van der Waals surface area contributed by atoms with Gasteiger partial charge in [-0.3, -0.25) is 4.79 Å². The van der Waals surface area contributed by atoms with E-state index < -0.39 is 0 Å². The molecule has 0 radical (unpaired) electrons. The predicted molar refractivity (Wildman–Crippen MR) is 55.2 cm³/mol. The highest BCUT2D eigenvalue weighted by molar-refractivity contribution is 5.90. The molecular weight excluding hydrogens is 208 g/mol. The van der Waals surface area contributed by atoms with Crippen LogP contribution in [-0.4, -0.2) is 12.6 Å². The molecule has 1 unspecified atom stereocenters. The number of rotatable bonds is 1. The average Bonchev–Trinajstić information content (AvgIpc) is 2.75. The zero-order valence-corrected chi connectivity index (χ0v) is 8.51. The highest BCUT2D eigenvalue weighted by atomic mass is 16.7. The summed E-state index contributed by atoms with van der Waals surface area (Å²) in [6.45, 7) is 0.253. The van der Waals surface area contributed by atoms with E-state index in [2.05, 4.69) is 0 Å². The fraction of sp³-hybridized carbons (Fsp3) is 0.250. The first-order chi connectivity index (χ1) is 7.83. The van der Waals surface area contributed by atoms with E-state index >= 15 is 0 Å². The molecule has 3 rings (SSSR count). The number of fused-ring (bicyclic) bond motifs is 1. The van der Waals surface area contributed by atoms with Crippen LogP contribution in [0.15, 0.2) is 30.5 Å². The van der Waals surface area contributed by atoms with Crippen LogP contribution in [0.5, 0.6) is 11.5 Å². The lowest BCUT2D eigenvalue weighted by molar-refractivity contribution is -0.118. The monoisotopic (exact) mass is 218 g/mol. The Morgan fingerprint density at radius 3 is 2.94 bits per heavy atom. The van der Waals surface area contributed by atoms with Crippen molar-refractivity contribution in [2.75, 3.05) is 6.79 Å². The lowest BCUT2D eigenvalue weighted by Crippen LogP contribution is -2.11. The molecule has 0 N–H and O–H groups in total. The summed E-state index contributed by atoms with van der Waals surface area (Å²) in [5.74, 6) is 1.53. The molecule has 4 nitrogen and oxygen atoms in total. The van der Waals surface area contributed by atoms with Gasteiger partial charge in [0.25, 0.3) is 0 Å². The van der Waals surface area contributed by atoms with Crippen LogP contribution in [0.2, 0.25) is 0 Å². The largest absolute Gasteiger partial charge is 0.493 e. The number of benzene rings is 1. The smallest absolute Gasteiger partial charge is 0.231 e. The van der Waals surface area contributed by atoms with Crippen molar-refractivity contribution in [2.24, 2.45) is 0 Å². The number of ketones is 1. The van der Waals surface area contributed by atoms with Crippen molar-refractivity contribution in [2.45, 2.75) is 12.5 Å². The van der Waals surface area contributed by atoms with Crippen molar-refractivity contribution >= 4 is 5.78 Å². The Hall–Kier alpha value is -1.97. The van der Waals surface area contributed by atoms with Crippen LogP contribution in [0.4, 0.5) is 0 Å². The van der Waals surface area contributed by atoms with Crippen LogP contribution < -0.4 is 9.47 Å². The molecule has 0 spiro atoms. The van der Waals surface area contributed by atoms with Crippen LogP contribution in [0.3, 0.4) is 0 Å². The molecule has 2 aliphatic rings. The first-order valence-corrected chi connectivity index (χ1v) is 5.07. The fourth-order valence-corrected chi connectivity index (χ4v) is 1.82. The molecule has 1 atom stereocenters. The highest BCUT2D eigenvalue weighted by Crippen LogP contribution is 2.36. The van der Waals surface area contributed by atoms with Crippen molar-refractivity contribution in [3.05, 3.63) is 36.1 Å². The molecule has 0 saturated carbocycles. The molecule has 16 heavy (non-hydrogen) atoms. The first kappa shape index (κ1) is 9.27. The second-order valence-electron chi connectivity index (χ2n) is 3.71. The Kier molecular flexibility index (Phi) is 2.06. The topological polar surface area (TPSA) is 44.8 Å². The van der Waals surface area contributed by atoms with Crippen LogP contribution >= 0.6 is 0 Å². The van der Waals surface area contributed by atoms with E-state index in [1.165, 1.54) is 12.3 Å². The maximum absolute atomic E-state index is 11.3. The third-order valence-electron chi connectivity index (χ3n) is 2.65. The minimum absolute atomic E-state index is 0.0777. The zero-order valence-electron chi connectivity index (χ0n) is 8.51. The normalized spacial score (nSPS) is 22.0. The van der Waals surface area contributed by atoms with Gasteiger partial charge in [-0.2, -0.15) is 0 Å².